The Balaban J connectivity index is 1.72. The molecule has 1 fully saturated rings. The quantitative estimate of drug-likeness (QED) is 0.690. The molecule has 0 atom stereocenters. The number of aliphatic imine (C=N–C) groups is 1. The fourth-order valence-electron chi connectivity index (χ4n) is 2.19. The van der Waals surface area contributed by atoms with Gasteiger partial charge in [0.25, 0.3) is 0 Å². The highest BCUT2D eigenvalue weighted by atomic mass is 19.1. The van der Waals surface area contributed by atoms with E-state index in [-0.39, 0.29) is 5.82 Å². The lowest BCUT2D eigenvalue weighted by atomic mass is 10.2. The first kappa shape index (κ1) is 13.6. The van der Waals surface area contributed by atoms with Gasteiger partial charge in [-0.05, 0) is 30.5 Å². The molecule has 2 N–H and O–H groups in total. The molecule has 1 aromatic carbocycles. The molecule has 0 aliphatic heterocycles. The molecular formula is C15H18FN5. The molecule has 1 aliphatic carbocycles. The number of hydrogen-bond donors (Lipinski definition) is 1. The number of nitrogens with two attached hydrogens (primary N) is 1. The minimum Gasteiger partial charge on any atom is -0.370 e. The van der Waals surface area contributed by atoms with Crippen molar-refractivity contribution in [3.63, 3.8) is 0 Å². The maximum atomic E-state index is 14.1. The molecule has 1 aromatic heterocycles. The van der Waals surface area contributed by atoms with Gasteiger partial charge >= 0.3 is 0 Å². The molecule has 5 nitrogen and oxygen atoms in total. The molecule has 1 heterocycles. The van der Waals surface area contributed by atoms with Crippen LogP contribution in [0.1, 0.15) is 18.4 Å². The second-order valence-corrected chi connectivity index (χ2v) is 5.27. The molecule has 0 saturated heterocycles. The summed E-state index contributed by atoms with van der Waals surface area (Å²) in [5.41, 5.74) is 7.19. The normalized spacial score (nSPS) is 15.2. The first-order valence-corrected chi connectivity index (χ1v) is 6.94. The van der Waals surface area contributed by atoms with Crippen molar-refractivity contribution < 1.29 is 4.39 Å². The number of rotatable bonds is 4. The van der Waals surface area contributed by atoms with Crippen LogP contribution in [0.2, 0.25) is 0 Å². The summed E-state index contributed by atoms with van der Waals surface area (Å²) in [6.45, 7) is 0.379. The SMILES string of the molecule is CN(C(N)=NCc1ccc(-n2ccnc2)c(F)c1)C1CC1. The van der Waals surface area contributed by atoms with Crippen LogP contribution in [0.25, 0.3) is 5.69 Å². The van der Waals surface area contributed by atoms with Gasteiger partial charge in [-0.15, -0.1) is 0 Å². The zero-order valence-corrected chi connectivity index (χ0v) is 11.9. The molecule has 0 spiro atoms. The van der Waals surface area contributed by atoms with Crippen LogP contribution in [0, 0.1) is 5.82 Å². The van der Waals surface area contributed by atoms with Gasteiger partial charge in [-0.3, -0.25) is 0 Å². The van der Waals surface area contributed by atoms with Crippen molar-refractivity contribution in [3.8, 4) is 5.69 Å². The van der Waals surface area contributed by atoms with Crippen LogP contribution in [-0.2, 0) is 6.54 Å². The Morgan fingerprint density at radius 1 is 1.52 bits per heavy atom. The molecule has 3 rings (SSSR count). The summed E-state index contributed by atoms with van der Waals surface area (Å²) in [5, 5.41) is 0. The Hall–Kier alpha value is -2.37. The van der Waals surface area contributed by atoms with Crippen molar-refractivity contribution in [3.05, 3.63) is 48.3 Å². The lowest BCUT2D eigenvalue weighted by Crippen LogP contribution is -2.35. The molecule has 1 saturated carbocycles. The Morgan fingerprint density at radius 3 is 2.95 bits per heavy atom. The van der Waals surface area contributed by atoms with Crippen LogP contribution in [0.15, 0.2) is 41.9 Å². The standard InChI is InChI=1S/C15H18FN5/c1-20(12-3-4-12)15(17)19-9-11-2-5-14(13(16)8-11)21-7-6-18-10-21/h2,5-8,10,12H,3-4,9H2,1H3,(H2,17,19). The van der Waals surface area contributed by atoms with Crippen LogP contribution >= 0.6 is 0 Å². The summed E-state index contributed by atoms with van der Waals surface area (Å²) < 4.78 is 15.7. The molecule has 1 aliphatic rings. The highest BCUT2D eigenvalue weighted by Crippen LogP contribution is 2.25. The van der Waals surface area contributed by atoms with E-state index in [9.17, 15) is 4.39 Å². The Bertz CT molecular complexity index is 646. The summed E-state index contributed by atoms with van der Waals surface area (Å²) in [4.78, 5) is 10.2. The van der Waals surface area contributed by atoms with E-state index in [2.05, 4.69) is 9.98 Å². The van der Waals surface area contributed by atoms with E-state index < -0.39 is 0 Å². The third-order valence-corrected chi connectivity index (χ3v) is 3.67. The third-order valence-electron chi connectivity index (χ3n) is 3.67. The molecular weight excluding hydrogens is 269 g/mol. The molecule has 0 bridgehead atoms. The number of nitrogens with zero attached hydrogens (tertiary/aromatic N) is 4. The molecule has 0 radical (unpaired) electrons. The van der Waals surface area contributed by atoms with E-state index in [1.54, 1.807) is 29.4 Å². The number of guanidine groups is 1. The molecule has 21 heavy (non-hydrogen) atoms. The van der Waals surface area contributed by atoms with Crippen LogP contribution in [0.4, 0.5) is 4.39 Å². The van der Waals surface area contributed by atoms with Crippen molar-refractivity contribution in [2.45, 2.75) is 25.4 Å². The lowest BCUT2D eigenvalue weighted by Gasteiger charge is -2.16. The van der Waals surface area contributed by atoms with E-state index in [0.29, 0.717) is 24.2 Å². The van der Waals surface area contributed by atoms with Gasteiger partial charge in [-0.25, -0.2) is 14.4 Å². The van der Waals surface area contributed by atoms with Crippen molar-refractivity contribution in [2.24, 2.45) is 10.7 Å². The summed E-state index contributed by atoms with van der Waals surface area (Å²) >= 11 is 0. The highest BCUT2D eigenvalue weighted by molar-refractivity contribution is 5.78. The fraction of sp³-hybridized carbons (Fsp3) is 0.333. The van der Waals surface area contributed by atoms with Crippen molar-refractivity contribution >= 4 is 5.96 Å². The predicted molar refractivity (Wildman–Crippen MR) is 79.6 cm³/mol. The van der Waals surface area contributed by atoms with Gasteiger partial charge in [-0.2, -0.15) is 0 Å². The highest BCUT2D eigenvalue weighted by Gasteiger charge is 2.27. The fourth-order valence-corrected chi connectivity index (χ4v) is 2.19. The zero-order chi connectivity index (χ0) is 14.8. The van der Waals surface area contributed by atoms with Crippen LogP contribution < -0.4 is 5.73 Å². The van der Waals surface area contributed by atoms with Gasteiger partial charge in [-0.1, -0.05) is 6.07 Å². The number of hydrogen-bond acceptors (Lipinski definition) is 2. The average Bonchev–Trinajstić information content (AvgIpc) is 3.19. The minimum absolute atomic E-state index is 0.296. The van der Waals surface area contributed by atoms with Gasteiger partial charge in [0.15, 0.2) is 5.96 Å². The van der Waals surface area contributed by atoms with E-state index in [1.807, 2.05) is 18.0 Å². The van der Waals surface area contributed by atoms with Crippen molar-refractivity contribution in [2.75, 3.05) is 7.05 Å². The maximum absolute atomic E-state index is 14.1. The van der Waals surface area contributed by atoms with Gasteiger partial charge in [0, 0.05) is 25.5 Å². The number of aromatic nitrogens is 2. The summed E-state index contributed by atoms with van der Waals surface area (Å²) in [6, 6.07) is 5.59. The Kier molecular flexibility index (Phi) is 3.60. The van der Waals surface area contributed by atoms with Crippen LogP contribution in [0.3, 0.4) is 0 Å². The largest absolute Gasteiger partial charge is 0.370 e. The monoisotopic (exact) mass is 287 g/mol. The molecule has 0 amide bonds. The van der Waals surface area contributed by atoms with Crippen molar-refractivity contribution in [1.82, 2.24) is 14.5 Å². The topological polar surface area (TPSA) is 59.4 Å². The maximum Gasteiger partial charge on any atom is 0.191 e. The first-order valence-electron chi connectivity index (χ1n) is 6.94. The van der Waals surface area contributed by atoms with Gasteiger partial charge in [0.1, 0.15) is 5.82 Å². The second kappa shape index (κ2) is 5.55. The summed E-state index contributed by atoms with van der Waals surface area (Å²) in [6.07, 6.45) is 7.23. The first-order chi connectivity index (χ1) is 10.1. The van der Waals surface area contributed by atoms with Gasteiger partial charge < -0.3 is 15.2 Å². The predicted octanol–water partition coefficient (Wildman–Crippen LogP) is 1.92. The van der Waals surface area contributed by atoms with E-state index in [1.165, 1.54) is 18.9 Å². The van der Waals surface area contributed by atoms with E-state index >= 15 is 0 Å². The van der Waals surface area contributed by atoms with Gasteiger partial charge in [0.2, 0.25) is 0 Å². The number of halogens is 1. The number of imidazole rings is 1. The molecule has 2 aromatic rings. The molecule has 6 heteroatoms. The minimum atomic E-state index is -0.296. The van der Waals surface area contributed by atoms with Crippen LogP contribution in [0.5, 0.6) is 0 Å². The zero-order valence-electron chi connectivity index (χ0n) is 11.9. The Morgan fingerprint density at radius 2 is 2.33 bits per heavy atom. The average molecular weight is 287 g/mol. The summed E-state index contributed by atoms with van der Waals surface area (Å²) in [5.74, 6) is 0.214. The van der Waals surface area contributed by atoms with E-state index in [0.717, 1.165) is 5.56 Å². The van der Waals surface area contributed by atoms with E-state index in [4.69, 9.17) is 5.73 Å². The molecule has 0 unspecified atom stereocenters. The van der Waals surface area contributed by atoms with Crippen molar-refractivity contribution in [1.29, 1.82) is 0 Å². The lowest BCUT2D eigenvalue weighted by molar-refractivity contribution is 0.487. The van der Waals surface area contributed by atoms with Crippen LogP contribution in [-0.4, -0.2) is 33.5 Å². The third kappa shape index (κ3) is 3.04. The number of benzene rings is 1. The van der Waals surface area contributed by atoms with Gasteiger partial charge in [0.05, 0.1) is 18.6 Å². The second-order valence-electron chi connectivity index (χ2n) is 5.27. The smallest absolute Gasteiger partial charge is 0.191 e. The summed E-state index contributed by atoms with van der Waals surface area (Å²) in [7, 11) is 1.94. The Labute approximate surface area is 122 Å². The molecule has 110 valence electrons.